The Morgan fingerprint density at radius 1 is 0.460 bits per heavy atom. The van der Waals surface area contributed by atoms with Gasteiger partial charge >= 0.3 is 0 Å². The van der Waals surface area contributed by atoms with Gasteiger partial charge in [0.15, 0.2) is 0 Å². The zero-order valence-electron chi connectivity index (χ0n) is 28.5. The molecule has 240 valence electrons. The highest BCUT2D eigenvalue weighted by molar-refractivity contribution is 6.10. The van der Waals surface area contributed by atoms with E-state index in [-0.39, 0.29) is 0 Å². The van der Waals surface area contributed by atoms with Crippen LogP contribution in [0, 0.1) is 6.92 Å². The van der Waals surface area contributed by atoms with Crippen LogP contribution in [0.2, 0.25) is 0 Å². The molecule has 0 unspecified atom stereocenters. The molecule has 0 aliphatic heterocycles. The Kier molecular flexibility index (Phi) is 8.92. The van der Waals surface area contributed by atoms with E-state index in [1.165, 1.54) is 82.4 Å². The van der Waals surface area contributed by atoms with E-state index in [0.29, 0.717) is 0 Å². The second-order valence-electron chi connectivity index (χ2n) is 13.2. The van der Waals surface area contributed by atoms with Crippen LogP contribution in [0.1, 0.15) is 27.8 Å². The van der Waals surface area contributed by atoms with Gasteiger partial charge in [0.2, 0.25) is 0 Å². The van der Waals surface area contributed by atoms with E-state index < -0.39 is 0 Å². The zero-order chi connectivity index (χ0) is 33.7. The SMILES string of the molecule is Cc1c2c(c(-c3cccc4ccccc34)c3ccccc13)C=CC=CC2.c1ccc(-c2ccc(CCc3cccc4ccccc34)cc2)cc1. The van der Waals surface area contributed by atoms with Crippen molar-refractivity contribution < 1.29 is 0 Å². The number of aryl methyl sites for hydroxylation is 3. The highest BCUT2D eigenvalue weighted by Gasteiger charge is 2.18. The van der Waals surface area contributed by atoms with Gasteiger partial charge < -0.3 is 0 Å². The predicted molar refractivity (Wildman–Crippen MR) is 217 cm³/mol. The van der Waals surface area contributed by atoms with Crippen LogP contribution in [0.3, 0.4) is 0 Å². The average molecular weight is 641 g/mol. The molecule has 9 rings (SSSR count). The smallest absolute Gasteiger partial charge is 0.00235 e. The number of hydrogen-bond donors (Lipinski definition) is 0. The lowest BCUT2D eigenvalue weighted by atomic mass is 9.84. The highest BCUT2D eigenvalue weighted by Crippen LogP contribution is 2.41. The van der Waals surface area contributed by atoms with Crippen LogP contribution in [-0.2, 0) is 19.3 Å². The van der Waals surface area contributed by atoms with Crippen molar-refractivity contribution in [3.05, 3.63) is 210 Å². The molecule has 8 aromatic carbocycles. The fourth-order valence-corrected chi connectivity index (χ4v) is 7.57. The zero-order valence-corrected chi connectivity index (χ0v) is 28.5. The largest absolute Gasteiger partial charge is 0.0801 e. The lowest BCUT2D eigenvalue weighted by Gasteiger charge is -2.19. The van der Waals surface area contributed by atoms with Gasteiger partial charge in [-0.2, -0.15) is 0 Å². The average Bonchev–Trinajstić information content (AvgIpc) is 3.45. The fourth-order valence-electron chi connectivity index (χ4n) is 7.57. The molecule has 1 aliphatic rings. The monoisotopic (exact) mass is 640 g/mol. The van der Waals surface area contributed by atoms with Gasteiger partial charge in [0.1, 0.15) is 0 Å². The molecule has 0 aromatic heterocycles. The van der Waals surface area contributed by atoms with Crippen LogP contribution >= 0.6 is 0 Å². The molecule has 0 saturated carbocycles. The predicted octanol–water partition coefficient (Wildman–Crippen LogP) is 13.4. The van der Waals surface area contributed by atoms with Crippen molar-refractivity contribution in [1.29, 1.82) is 0 Å². The van der Waals surface area contributed by atoms with Crippen molar-refractivity contribution in [2.75, 3.05) is 0 Å². The number of benzene rings is 8. The summed E-state index contributed by atoms with van der Waals surface area (Å²) in [5.41, 5.74) is 12.3. The van der Waals surface area contributed by atoms with Crippen LogP contribution in [0.15, 0.2) is 182 Å². The molecular weight excluding hydrogens is 601 g/mol. The Balaban J connectivity index is 0.000000145. The van der Waals surface area contributed by atoms with Crippen molar-refractivity contribution >= 4 is 38.4 Å². The molecule has 0 amide bonds. The summed E-state index contributed by atoms with van der Waals surface area (Å²) >= 11 is 0. The van der Waals surface area contributed by atoms with Crippen molar-refractivity contribution in [3.8, 4) is 22.3 Å². The van der Waals surface area contributed by atoms with E-state index in [2.05, 4.69) is 195 Å². The van der Waals surface area contributed by atoms with E-state index in [0.717, 1.165) is 19.3 Å². The minimum atomic E-state index is 0.983. The van der Waals surface area contributed by atoms with Crippen LogP contribution in [0.25, 0.3) is 60.6 Å². The van der Waals surface area contributed by atoms with E-state index in [1.54, 1.807) is 0 Å². The molecule has 0 bridgehead atoms. The summed E-state index contributed by atoms with van der Waals surface area (Å²) in [5, 5.41) is 8.01. The fraction of sp³-hybridized carbons (Fsp3) is 0.0800. The topological polar surface area (TPSA) is 0 Å². The Bertz CT molecular complexity index is 2480. The van der Waals surface area contributed by atoms with Gasteiger partial charge in [-0.15, -0.1) is 0 Å². The molecule has 0 fully saturated rings. The number of fused-ring (bicyclic) bond motifs is 4. The normalized spacial score (nSPS) is 12.0. The van der Waals surface area contributed by atoms with Crippen LogP contribution in [0.5, 0.6) is 0 Å². The van der Waals surface area contributed by atoms with E-state index in [1.807, 2.05) is 0 Å². The van der Waals surface area contributed by atoms with Gasteiger partial charge in [-0.05, 0) is 109 Å². The first kappa shape index (κ1) is 31.3. The molecule has 0 nitrogen and oxygen atoms in total. The molecule has 1 aliphatic carbocycles. The molecule has 0 radical (unpaired) electrons. The summed E-state index contributed by atoms with van der Waals surface area (Å²) in [6.07, 6.45) is 12.0. The van der Waals surface area contributed by atoms with E-state index >= 15 is 0 Å². The maximum atomic E-state index is 2.29. The number of allylic oxidation sites excluding steroid dienone is 3. The molecule has 50 heavy (non-hydrogen) atoms. The van der Waals surface area contributed by atoms with Gasteiger partial charge in [-0.25, -0.2) is 0 Å². The summed E-state index contributed by atoms with van der Waals surface area (Å²) in [6, 6.07) is 58.9. The summed E-state index contributed by atoms with van der Waals surface area (Å²) in [7, 11) is 0. The first-order valence-electron chi connectivity index (χ1n) is 17.7. The summed E-state index contributed by atoms with van der Waals surface area (Å²) in [4.78, 5) is 0. The molecule has 8 aromatic rings. The molecular formula is C50H40. The second-order valence-corrected chi connectivity index (χ2v) is 13.2. The second kappa shape index (κ2) is 14.2. The van der Waals surface area contributed by atoms with Gasteiger partial charge in [0.25, 0.3) is 0 Å². The van der Waals surface area contributed by atoms with Crippen LogP contribution < -0.4 is 0 Å². The maximum Gasteiger partial charge on any atom is -0.00235 e. The lowest BCUT2D eigenvalue weighted by Crippen LogP contribution is -1.98. The molecule has 0 spiro atoms. The van der Waals surface area contributed by atoms with Crippen LogP contribution in [-0.4, -0.2) is 0 Å². The van der Waals surface area contributed by atoms with Crippen molar-refractivity contribution in [1.82, 2.24) is 0 Å². The lowest BCUT2D eigenvalue weighted by molar-refractivity contribution is 0.969. The number of rotatable bonds is 5. The highest BCUT2D eigenvalue weighted by atomic mass is 14.2. The van der Waals surface area contributed by atoms with E-state index in [9.17, 15) is 0 Å². The molecule has 0 heterocycles. The Labute approximate surface area is 295 Å². The maximum absolute atomic E-state index is 2.29. The Morgan fingerprint density at radius 3 is 1.84 bits per heavy atom. The Morgan fingerprint density at radius 2 is 1.06 bits per heavy atom. The Hall–Kier alpha value is -5.98. The molecule has 0 atom stereocenters. The third-order valence-electron chi connectivity index (χ3n) is 10.2. The van der Waals surface area contributed by atoms with E-state index in [4.69, 9.17) is 0 Å². The molecule has 0 saturated heterocycles. The van der Waals surface area contributed by atoms with Crippen molar-refractivity contribution in [3.63, 3.8) is 0 Å². The van der Waals surface area contributed by atoms with Crippen LogP contribution in [0.4, 0.5) is 0 Å². The first-order chi connectivity index (χ1) is 24.7. The standard InChI is InChI=1S/C26H20.C24H20/c1-18-20-12-3-2-4-15-23(20)26(24-16-8-7-13-21(18)24)25-17-9-11-19-10-5-6-14-22(19)25;1-2-7-20(8-3-1)21-16-13-19(14-17-21)15-18-23-11-6-10-22-9-4-5-12-24(22)23/h2-11,13-17H,12H2,1H3;1-14,16-17H,15,18H2. The third-order valence-corrected chi connectivity index (χ3v) is 10.2. The minimum absolute atomic E-state index is 0.983. The molecule has 0 N–H and O–H groups in total. The van der Waals surface area contributed by atoms with Gasteiger partial charge in [-0.3, -0.25) is 0 Å². The van der Waals surface area contributed by atoms with Gasteiger partial charge in [0.05, 0.1) is 0 Å². The summed E-state index contributed by atoms with van der Waals surface area (Å²) in [5.74, 6) is 0. The number of hydrogen-bond acceptors (Lipinski definition) is 0. The first-order valence-corrected chi connectivity index (χ1v) is 17.7. The van der Waals surface area contributed by atoms with Gasteiger partial charge in [0, 0.05) is 0 Å². The summed E-state index contributed by atoms with van der Waals surface area (Å²) in [6.45, 7) is 2.26. The minimum Gasteiger partial charge on any atom is -0.0801 e. The van der Waals surface area contributed by atoms with Gasteiger partial charge in [-0.1, -0.05) is 188 Å². The summed E-state index contributed by atoms with van der Waals surface area (Å²) < 4.78 is 0. The molecule has 0 heteroatoms. The quantitative estimate of drug-likeness (QED) is 0.176. The van der Waals surface area contributed by atoms with Crippen molar-refractivity contribution in [2.45, 2.75) is 26.2 Å². The van der Waals surface area contributed by atoms with Crippen molar-refractivity contribution in [2.24, 2.45) is 0 Å². The third kappa shape index (κ3) is 6.29.